The van der Waals surface area contributed by atoms with Gasteiger partial charge in [0.2, 0.25) is 0 Å². The van der Waals surface area contributed by atoms with E-state index >= 15 is 0 Å². The Labute approximate surface area is 143 Å². The summed E-state index contributed by atoms with van der Waals surface area (Å²) in [7, 11) is 0. The van der Waals surface area contributed by atoms with Crippen LogP contribution in [0.2, 0.25) is 0 Å². The minimum absolute atomic E-state index is 0.216. The van der Waals surface area contributed by atoms with Gasteiger partial charge in [-0.15, -0.1) is 0 Å². The Balaban J connectivity index is 1.77. The number of benzene rings is 3. The van der Waals surface area contributed by atoms with Gasteiger partial charge in [0, 0.05) is 10.0 Å². The summed E-state index contributed by atoms with van der Waals surface area (Å²) < 4.78 is 1.01. The van der Waals surface area contributed by atoms with Crippen molar-refractivity contribution < 1.29 is 4.79 Å². The van der Waals surface area contributed by atoms with Gasteiger partial charge in [-0.3, -0.25) is 4.79 Å². The predicted molar refractivity (Wildman–Crippen MR) is 97.8 cm³/mol. The molecule has 0 unspecified atom stereocenters. The van der Waals surface area contributed by atoms with Gasteiger partial charge in [0.1, 0.15) is 0 Å². The summed E-state index contributed by atoms with van der Waals surface area (Å²) in [6, 6.07) is 21.4. The Kier molecular flexibility index (Phi) is 4.53. The number of carbonyl (C=O) groups excluding carboxylic acids is 1. The maximum absolute atomic E-state index is 12.3. The zero-order valence-electron chi connectivity index (χ0n) is 12.6. The second-order valence-corrected chi connectivity index (χ2v) is 6.12. The number of hydrogen-bond donors (Lipinski definition) is 1. The monoisotopic (exact) mass is 366 g/mol. The first-order valence-corrected chi connectivity index (χ1v) is 8.02. The van der Waals surface area contributed by atoms with Crippen LogP contribution in [0.1, 0.15) is 22.8 Å². The van der Waals surface area contributed by atoms with Crippen molar-refractivity contribution >= 4 is 38.3 Å². The second-order valence-electron chi connectivity index (χ2n) is 5.21. The topological polar surface area (TPSA) is 41.5 Å². The van der Waals surface area contributed by atoms with Crippen LogP contribution in [-0.2, 0) is 0 Å². The largest absolute Gasteiger partial charge is 0.271 e. The third kappa shape index (κ3) is 3.66. The summed E-state index contributed by atoms with van der Waals surface area (Å²) in [5.41, 5.74) is 4.93. The maximum atomic E-state index is 12.3. The summed E-state index contributed by atoms with van der Waals surface area (Å²) in [6.07, 6.45) is 0. The SMILES string of the molecule is C/C(=N/NC(=O)c1ccc2ccccc2c1)c1ccc(Br)cc1. The first-order valence-electron chi connectivity index (χ1n) is 7.23. The average Bonchev–Trinajstić information content (AvgIpc) is 2.59. The predicted octanol–water partition coefficient (Wildman–Crippen LogP) is 4.76. The van der Waals surface area contributed by atoms with Crippen molar-refractivity contribution in [2.75, 3.05) is 0 Å². The molecule has 0 bridgehead atoms. The van der Waals surface area contributed by atoms with Crippen LogP contribution in [0.15, 0.2) is 76.3 Å². The molecule has 0 aliphatic heterocycles. The van der Waals surface area contributed by atoms with Gasteiger partial charge >= 0.3 is 0 Å². The van der Waals surface area contributed by atoms with E-state index in [0.717, 1.165) is 26.5 Å². The lowest BCUT2D eigenvalue weighted by Gasteiger charge is -2.05. The lowest BCUT2D eigenvalue weighted by Crippen LogP contribution is -2.19. The molecule has 114 valence electrons. The first kappa shape index (κ1) is 15.4. The molecule has 3 rings (SSSR count). The molecule has 0 aromatic heterocycles. The third-order valence-electron chi connectivity index (χ3n) is 3.60. The van der Waals surface area contributed by atoms with Crippen LogP contribution in [0.4, 0.5) is 0 Å². The summed E-state index contributed by atoms with van der Waals surface area (Å²) in [5, 5.41) is 6.33. The summed E-state index contributed by atoms with van der Waals surface area (Å²) in [4.78, 5) is 12.3. The lowest BCUT2D eigenvalue weighted by molar-refractivity contribution is 0.0955. The Morgan fingerprint density at radius 1 is 0.913 bits per heavy atom. The molecule has 0 aliphatic rings. The number of halogens is 1. The number of nitrogens with one attached hydrogen (secondary N) is 1. The quantitative estimate of drug-likeness (QED) is 0.527. The fourth-order valence-electron chi connectivity index (χ4n) is 2.29. The maximum Gasteiger partial charge on any atom is 0.271 e. The van der Waals surface area contributed by atoms with E-state index in [9.17, 15) is 4.79 Å². The number of fused-ring (bicyclic) bond motifs is 1. The molecule has 0 atom stereocenters. The fourth-order valence-corrected chi connectivity index (χ4v) is 2.55. The highest BCUT2D eigenvalue weighted by Gasteiger charge is 2.06. The zero-order chi connectivity index (χ0) is 16.2. The third-order valence-corrected chi connectivity index (χ3v) is 4.13. The Morgan fingerprint density at radius 3 is 2.30 bits per heavy atom. The van der Waals surface area contributed by atoms with E-state index in [1.807, 2.05) is 73.7 Å². The van der Waals surface area contributed by atoms with E-state index in [-0.39, 0.29) is 5.91 Å². The van der Waals surface area contributed by atoms with Gasteiger partial charge in [0.25, 0.3) is 5.91 Å². The highest BCUT2D eigenvalue weighted by molar-refractivity contribution is 9.10. The van der Waals surface area contributed by atoms with E-state index in [0.29, 0.717) is 5.56 Å². The molecule has 4 heteroatoms. The highest BCUT2D eigenvalue weighted by atomic mass is 79.9. The molecular formula is C19H15BrN2O. The van der Waals surface area contributed by atoms with E-state index in [2.05, 4.69) is 26.5 Å². The molecule has 23 heavy (non-hydrogen) atoms. The Bertz CT molecular complexity index is 885. The molecule has 3 aromatic carbocycles. The number of hydrazone groups is 1. The van der Waals surface area contributed by atoms with Crippen LogP contribution in [0.3, 0.4) is 0 Å². The van der Waals surface area contributed by atoms with Crippen LogP contribution >= 0.6 is 15.9 Å². The fraction of sp³-hybridized carbons (Fsp3) is 0.0526. The summed E-state index contributed by atoms with van der Waals surface area (Å²) in [6.45, 7) is 1.86. The number of nitrogens with zero attached hydrogens (tertiary/aromatic N) is 1. The molecule has 0 aliphatic carbocycles. The average molecular weight is 367 g/mol. The van der Waals surface area contributed by atoms with Crippen molar-refractivity contribution in [1.29, 1.82) is 0 Å². The molecule has 0 fully saturated rings. The van der Waals surface area contributed by atoms with Crippen LogP contribution in [-0.4, -0.2) is 11.6 Å². The smallest absolute Gasteiger partial charge is 0.267 e. The van der Waals surface area contributed by atoms with Crippen molar-refractivity contribution in [3.8, 4) is 0 Å². The first-order chi connectivity index (χ1) is 11.1. The van der Waals surface area contributed by atoms with E-state index in [1.165, 1.54) is 0 Å². The highest BCUT2D eigenvalue weighted by Crippen LogP contribution is 2.15. The molecule has 1 amide bonds. The molecule has 1 N–H and O–H groups in total. The van der Waals surface area contributed by atoms with Crippen LogP contribution in [0, 0.1) is 0 Å². The van der Waals surface area contributed by atoms with Gasteiger partial charge < -0.3 is 0 Å². The van der Waals surface area contributed by atoms with Gasteiger partial charge in [-0.05, 0) is 47.5 Å². The van der Waals surface area contributed by atoms with Gasteiger partial charge in [-0.25, -0.2) is 5.43 Å². The summed E-state index contributed by atoms with van der Waals surface area (Å²) in [5.74, 6) is -0.216. The Hall–Kier alpha value is -2.46. The molecule has 0 spiro atoms. The van der Waals surface area contributed by atoms with Crippen LogP contribution in [0.5, 0.6) is 0 Å². The number of carbonyl (C=O) groups is 1. The van der Waals surface area contributed by atoms with Crippen molar-refractivity contribution in [2.24, 2.45) is 5.10 Å². The van der Waals surface area contributed by atoms with Gasteiger partial charge in [-0.1, -0.05) is 58.4 Å². The normalized spacial score (nSPS) is 11.5. The molecule has 3 nitrogen and oxygen atoms in total. The zero-order valence-corrected chi connectivity index (χ0v) is 14.2. The van der Waals surface area contributed by atoms with Crippen LogP contribution in [0.25, 0.3) is 10.8 Å². The summed E-state index contributed by atoms with van der Waals surface area (Å²) >= 11 is 3.40. The van der Waals surface area contributed by atoms with Gasteiger partial charge in [0.05, 0.1) is 5.71 Å². The van der Waals surface area contributed by atoms with Crippen molar-refractivity contribution in [3.05, 3.63) is 82.3 Å². The molecule has 0 radical (unpaired) electrons. The van der Waals surface area contributed by atoms with Crippen molar-refractivity contribution in [1.82, 2.24) is 5.43 Å². The lowest BCUT2D eigenvalue weighted by atomic mass is 10.1. The Morgan fingerprint density at radius 2 is 1.57 bits per heavy atom. The van der Waals surface area contributed by atoms with Crippen molar-refractivity contribution in [3.63, 3.8) is 0 Å². The molecule has 0 saturated heterocycles. The number of hydrogen-bond acceptors (Lipinski definition) is 2. The second kappa shape index (κ2) is 6.75. The molecule has 3 aromatic rings. The molecular weight excluding hydrogens is 352 g/mol. The standard InChI is InChI=1S/C19H15BrN2O/c1-13(14-8-10-18(20)11-9-14)21-22-19(23)17-7-6-15-4-2-3-5-16(15)12-17/h2-12H,1H3,(H,22,23)/b21-13-. The number of amides is 1. The molecule has 0 heterocycles. The van der Waals surface area contributed by atoms with Crippen molar-refractivity contribution in [2.45, 2.75) is 6.92 Å². The van der Waals surface area contributed by atoms with Crippen LogP contribution < -0.4 is 5.43 Å². The molecule has 0 saturated carbocycles. The van der Waals surface area contributed by atoms with E-state index < -0.39 is 0 Å². The number of rotatable bonds is 3. The van der Waals surface area contributed by atoms with Gasteiger partial charge in [0.15, 0.2) is 0 Å². The van der Waals surface area contributed by atoms with E-state index in [4.69, 9.17) is 0 Å². The minimum Gasteiger partial charge on any atom is -0.267 e. The minimum atomic E-state index is -0.216. The van der Waals surface area contributed by atoms with E-state index in [1.54, 1.807) is 0 Å². The van der Waals surface area contributed by atoms with Gasteiger partial charge in [-0.2, -0.15) is 5.10 Å².